The summed E-state index contributed by atoms with van der Waals surface area (Å²) >= 11 is 3.17. The maximum absolute atomic E-state index is 10.8. The minimum Gasteiger partial charge on any atom is -0.455 e. The smallest absolute Gasteiger partial charge is 0.274 e. The molecular formula is C12H9BrN4O4. The van der Waals surface area contributed by atoms with Crippen LogP contribution < -0.4 is 10.5 Å². The average molecular weight is 353 g/mol. The highest BCUT2D eigenvalue weighted by Crippen LogP contribution is 2.30. The molecule has 0 spiro atoms. The van der Waals surface area contributed by atoms with Gasteiger partial charge in [0.05, 0.1) is 22.7 Å². The topological polar surface area (TPSA) is 124 Å². The van der Waals surface area contributed by atoms with Gasteiger partial charge in [-0.05, 0) is 12.1 Å². The lowest BCUT2D eigenvalue weighted by Crippen LogP contribution is -2.14. The summed E-state index contributed by atoms with van der Waals surface area (Å²) in [4.78, 5) is 14.2. The van der Waals surface area contributed by atoms with Crippen LogP contribution in [0.3, 0.4) is 0 Å². The fourth-order valence-corrected chi connectivity index (χ4v) is 2.03. The number of hydrogen-bond acceptors (Lipinski definition) is 6. The van der Waals surface area contributed by atoms with E-state index in [-0.39, 0.29) is 23.0 Å². The molecule has 9 heteroatoms. The number of non-ortho nitro benzene ring substituents is 1. The molecule has 21 heavy (non-hydrogen) atoms. The highest BCUT2D eigenvalue weighted by atomic mass is 79.9. The van der Waals surface area contributed by atoms with Crippen molar-refractivity contribution in [3.05, 3.63) is 56.8 Å². The number of pyridine rings is 1. The van der Waals surface area contributed by atoms with Gasteiger partial charge < -0.3 is 15.7 Å². The minimum atomic E-state index is -0.536. The van der Waals surface area contributed by atoms with Crippen LogP contribution in [0, 0.1) is 10.1 Å². The lowest BCUT2D eigenvalue weighted by molar-refractivity contribution is -0.385. The van der Waals surface area contributed by atoms with Crippen molar-refractivity contribution >= 4 is 27.5 Å². The molecule has 0 atom stereocenters. The highest BCUT2D eigenvalue weighted by Gasteiger charge is 2.13. The predicted octanol–water partition coefficient (Wildman–Crippen LogP) is 2.64. The Morgan fingerprint density at radius 1 is 1.48 bits per heavy atom. The molecule has 0 aliphatic carbocycles. The van der Waals surface area contributed by atoms with Crippen LogP contribution in [0.5, 0.6) is 11.5 Å². The molecule has 0 fully saturated rings. The second-order valence-electron chi connectivity index (χ2n) is 3.86. The fourth-order valence-electron chi connectivity index (χ4n) is 1.57. The number of ether oxygens (including phenoxy) is 1. The number of nitrogens with zero attached hydrogens (tertiary/aromatic N) is 3. The number of oxime groups is 1. The zero-order valence-electron chi connectivity index (χ0n) is 10.4. The predicted molar refractivity (Wildman–Crippen MR) is 77.6 cm³/mol. The Hall–Kier alpha value is -2.68. The van der Waals surface area contributed by atoms with Crippen molar-refractivity contribution in [2.45, 2.75) is 0 Å². The van der Waals surface area contributed by atoms with E-state index in [0.717, 1.165) is 0 Å². The Bertz CT molecular complexity index is 720. The summed E-state index contributed by atoms with van der Waals surface area (Å²) < 4.78 is 6.02. The summed E-state index contributed by atoms with van der Waals surface area (Å²) in [7, 11) is 0. The third kappa shape index (κ3) is 3.45. The van der Waals surface area contributed by atoms with Crippen LogP contribution in [0.25, 0.3) is 0 Å². The number of nitro groups is 1. The van der Waals surface area contributed by atoms with E-state index < -0.39 is 4.92 Å². The van der Waals surface area contributed by atoms with E-state index in [1.807, 2.05) is 0 Å². The molecule has 1 aromatic heterocycles. The first kappa shape index (κ1) is 14.7. The quantitative estimate of drug-likeness (QED) is 0.286. The van der Waals surface area contributed by atoms with Crippen molar-refractivity contribution in [2.24, 2.45) is 10.9 Å². The van der Waals surface area contributed by atoms with E-state index in [4.69, 9.17) is 15.7 Å². The normalized spacial score (nSPS) is 11.2. The van der Waals surface area contributed by atoms with Crippen LogP contribution in [0.15, 0.2) is 46.3 Å². The van der Waals surface area contributed by atoms with Crippen LogP contribution >= 0.6 is 15.9 Å². The van der Waals surface area contributed by atoms with E-state index in [1.165, 1.54) is 30.6 Å². The van der Waals surface area contributed by atoms with Crippen LogP contribution in [0.1, 0.15) is 5.56 Å². The minimum absolute atomic E-state index is 0.131. The molecule has 2 aromatic rings. The molecule has 1 heterocycles. The number of nitro benzene ring substituents is 1. The molecule has 0 saturated carbocycles. The molecule has 0 saturated heterocycles. The van der Waals surface area contributed by atoms with E-state index >= 15 is 0 Å². The molecule has 3 N–H and O–H groups in total. The molecule has 0 bridgehead atoms. The molecule has 0 radical (unpaired) electrons. The molecule has 0 amide bonds. The second kappa shape index (κ2) is 6.18. The molecule has 0 aliphatic heterocycles. The van der Waals surface area contributed by atoms with Crippen LogP contribution in [0.4, 0.5) is 5.69 Å². The molecule has 108 valence electrons. The Morgan fingerprint density at radius 3 is 2.90 bits per heavy atom. The molecule has 0 unspecified atom stereocenters. The number of halogens is 1. The summed E-state index contributed by atoms with van der Waals surface area (Å²) in [6.45, 7) is 0. The van der Waals surface area contributed by atoms with Crippen LogP contribution in [-0.4, -0.2) is 21.0 Å². The van der Waals surface area contributed by atoms with Gasteiger partial charge in [0, 0.05) is 16.7 Å². The summed E-state index contributed by atoms with van der Waals surface area (Å²) in [5.41, 5.74) is 5.72. The highest BCUT2D eigenvalue weighted by molar-refractivity contribution is 9.10. The number of benzene rings is 1. The second-order valence-corrected chi connectivity index (χ2v) is 4.78. The molecule has 0 aliphatic rings. The summed E-state index contributed by atoms with van der Waals surface area (Å²) in [5, 5.41) is 22.4. The first-order valence-electron chi connectivity index (χ1n) is 5.56. The Labute approximate surface area is 127 Å². The van der Waals surface area contributed by atoms with Crippen molar-refractivity contribution in [3.8, 4) is 11.5 Å². The van der Waals surface area contributed by atoms with Gasteiger partial charge in [0.15, 0.2) is 11.6 Å². The maximum Gasteiger partial charge on any atom is 0.274 e. The summed E-state index contributed by atoms with van der Waals surface area (Å²) in [6, 6.07) is 5.65. The zero-order valence-corrected chi connectivity index (χ0v) is 12.0. The van der Waals surface area contributed by atoms with E-state index in [1.54, 1.807) is 6.07 Å². The zero-order chi connectivity index (χ0) is 15.4. The molecule has 1 aromatic carbocycles. The van der Waals surface area contributed by atoms with Gasteiger partial charge in [-0.1, -0.05) is 21.1 Å². The van der Waals surface area contributed by atoms with Gasteiger partial charge in [0.1, 0.15) is 5.75 Å². The van der Waals surface area contributed by atoms with E-state index in [0.29, 0.717) is 10.0 Å². The van der Waals surface area contributed by atoms with Gasteiger partial charge in [0.25, 0.3) is 5.69 Å². The lowest BCUT2D eigenvalue weighted by atomic mass is 10.2. The molecule has 8 nitrogen and oxygen atoms in total. The Morgan fingerprint density at radius 2 is 2.24 bits per heavy atom. The first-order chi connectivity index (χ1) is 10.0. The van der Waals surface area contributed by atoms with Gasteiger partial charge in [-0.3, -0.25) is 15.1 Å². The Balaban J connectivity index is 2.41. The molecule has 2 rings (SSSR count). The van der Waals surface area contributed by atoms with Gasteiger partial charge >= 0.3 is 0 Å². The molecular weight excluding hydrogens is 344 g/mol. The van der Waals surface area contributed by atoms with Crippen molar-refractivity contribution in [3.63, 3.8) is 0 Å². The van der Waals surface area contributed by atoms with Crippen molar-refractivity contribution in [1.29, 1.82) is 0 Å². The number of amidine groups is 1. The van der Waals surface area contributed by atoms with Crippen LogP contribution in [-0.2, 0) is 0 Å². The number of hydrogen-bond donors (Lipinski definition) is 2. The van der Waals surface area contributed by atoms with E-state index in [2.05, 4.69) is 26.1 Å². The van der Waals surface area contributed by atoms with Crippen molar-refractivity contribution in [2.75, 3.05) is 0 Å². The summed E-state index contributed by atoms with van der Waals surface area (Å²) in [6.07, 6.45) is 2.81. The van der Waals surface area contributed by atoms with Crippen molar-refractivity contribution in [1.82, 2.24) is 4.98 Å². The maximum atomic E-state index is 10.8. The standard InChI is InChI=1S/C12H9BrN4O4/c13-7-3-8(17(19)20)5-9(4-7)21-11-6-15-2-1-10(11)12(14)16-18/h1-6,18H,(H2,14,16). The number of nitrogens with two attached hydrogens (primary N) is 1. The number of aromatic nitrogens is 1. The fraction of sp³-hybridized carbons (Fsp3) is 0. The third-order valence-corrected chi connectivity index (χ3v) is 2.92. The SMILES string of the molecule is N/C(=N/O)c1ccncc1Oc1cc(Br)cc([N+](=O)[O-])c1. The largest absolute Gasteiger partial charge is 0.455 e. The average Bonchev–Trinajstić information content (AvgIpc) is 2.46. The van der Waals surface area contributed by atoms with Gasteiger partial charge in [-0.2, -0.15) is 0 Å². The van der Waals surface area contributed by atoms with Gasteiger partial charge in [-0.15, -0.1) is 0 Å². The summed E-state index contributed by atoms with van der Waals surface area (Å²) in [5.74, 6) is 0.271. The van der Waals surface area contributed by atoms with Gasteiger partial charge in [-0.25, -0.2) is 0 Å². The van der Waals surface area contributed by atoms with Crippen molar-refractivity contribution < 1.29 is 14.9 Å². The first-order valence-corrected chi connectivity index (χ1v) is 6.35. The lowest BCUT2D eigenvalue weighted by Gasteiger charge is -2.09. The van der Waals surface area contributed by atoms with Gasteiger partial charge in [0.2, 0.25) is 0 Å². The van der Waals surface area contributed by atoms with E-state index in [9.17, 15) is 10.1 Å². The third-order valence-electron chi connectivity index (χ3n) is 2.46. The van der Waals surface area contributed by atoms with Crippen LogP contribution in [0.2, 0.25) is 0 Å². The monoisotopic (exact) mass is 352 g/mol. The Kier molecular flexibility index (Phi) is 4.33. The number of rotatable bonds is 4.